The summed E-state index contributed by atoms with van der Waals surface area (Å²) in [6.07, 6.45) is 3.13. The second-order valence-corrected chi connectivity index (χ2v) is 2.69. The number of nitrogens with zero attached hydrogens (tertiary/aromatic N) is 3. The van der Waals surface area contributed by atoms with Crippen LogP contribution in [0, 0.1) is 0 Å². The maximum Gasteiger partial charge on any atom is 0.225 e. The molecule has 0 bridgehead atoms. The molecular formula is C8H13N3O2. The summed E-state index contributed by atoms with van der Waals surface area (Å²) in [4.78, 5) is 9.76. The lowest BCUT2D eigenvalue weighted by molar-refractivity contribution is 0.280. The van der Waals surface area contributed by atoms with Crippen molar-refractivity contribution in [1.82, 2.24) is 9.97 Å². The lowest BCUT2D eigenvalue weighted by Crippen LogP contribution is -2.23. The zero-order valence-corrected chi connectivity index (χ0v) is 7.51. The average Bonchev–Trinajstić information content (AvgIpc) is 2.18. The summed E-state index contributed by atoms with van der Waals surface area (Å²) in [6.45, 7) is 0.518. The van der Waals surface area contributed by atoms with Crippen LogP contribution in [0.3, 0.4) is 0 Å². The first kappa shape index (κ1) is 9.88. The number of rotatable bonds is 4. The van der Waals surface area contributed by atoms with Crippen LogP contribution in [-0.2, 0) is 6.61 Å². The van der Waals surface area contributed by atoms with Gasteiger partial charge in [0.15, 0.2) is 0 Å². The van der Waals surface area contributed by atoms with Gasteiger partial charge >= 0.3 is 0 Å². The SMILES string of the molecule is CN(CCO)c1ncc(CO)cn1. The predicted molar refractivity (Wildman–Crippen MR) is 48.3 cm³/mol. The van der Waals surface area contributed by atoms with Crippen molar-refractivity contribution in [2.45, 2.75) is 6.61 Å². The molecule has 0 atom stereocenters. The Morgan fingerprint density at radius 3 is 2.38 bits per heavy atom. The first-order chi connectivity index (χ1) is 6.27. The zero-order valence-electron chi connectivity index (χ0n) is 7.51. The molecule has 1 aromatic rings. The normalized spacial score (nSPS) is 10.1. The van der Waals surface area contributed by atoms with Crippen molar-refractivity contribution in [3.63, 3.8) is 0 Å². The van der Waals surface area contributed by atoms with E-state index < -0.39 is 0 Å². The van der Waals surface area contributed by atoms with Gasteiger partial charge in [-0.15, -0.1) is 0 Å². The van der Waals surface area contributed by atoms with Crippen molar-refractivity contribution in [3.8, 4) is 0 Å². The van der Waals surface area contributed by atoms with E-state index in [9.17, 15) is 0 Å². The van der Waals surface area contributed by atoms with Gasteiger partial charge in [0.2, 0.25) is 5.95 Å². The molecule has 0 aromatic carbocycles. The zero-order chi connectivity index (χ0) is 9.68. The maximum absolute atomic E-state index is 8.74. The molecule has 0 unspecified atom stereocenters. The molecule has 5 nitrogen and oxygen atoms in total. The molecule has 0 aliphatic rings. The van der Waals surface area contributed by atoms with Crippen molar-refractivity contribution in [3.05, 3.63) is 18.0 Å². The highest BCUT2D eigenvalue weighted by atomic mass is 16.3. The van der Waals surface area contributed by atoms with Crippen molar-refractivity contribution in [2.24, 2.45) is 0 Å². The maximum atomic E-state index is 8.74. The Bertz CT molecular complexity index is 250. The second-order valence-electron chi connectivity index (χ2n) is 2.69. The molecule has 5 heteroatoms. The first-order valence-corrected chi connectivity index (χ1v) is 4.01. The molecule has 0 amide bonds. The van der Waals surface area contributed by atoms with Gasteiger partial charge in [0, 0.05) is 31.5 Å². The van der Waals surface area contributed by atoms with Crippen LogP contribution in [-0.4, -0.2) is 40.4 Å². The highest BCUT2D eigenvalue weighted by molar-refractivity contribution is 5.27. The smallest absolute Gasteiger partial charge is 0.225 e. The number of aliphatic hydroxyl groups excluding tert-OH is 2. The fraction of sp³-hybridized carbons (Fsp3) is 0.500. The number of anilines is 1. The molecule has 0 saturated carbocycles. The minimum atomic E-state index is -0.0516. The summed E-state index contributed by atoms with van der Waals surface area (Å²) in [7, 11) is 1.80. The minimum Gasteiger partial charge on any atom is -0.395 e. The number of likely N-dealkylation sites (N-methyl/N-ethyl adjacent to an activating group) is 1. The van der Waals surface area contributed by atoms with E-state index in [1.54, 1.807) is 24.3 Å². The molecule has 0 aliphatic heterocycles. The summed E-state index contributed by atoms with van der Waals surface area (Å²) in [5.74, 6) is 0.547. The van der Waals surface area contributed by atoms with Gasteiger partial charge in [-0.3, -0.25) is 0 Å². The summed E-state index contributed by atoms with van der Waals surface area (Å²) in [5.41, 5.74) is 0.682. The Balaban J connectivity index is 2.67. The lowest BCUT2D eigenvalue weighted by atomic mass is 10.4. The summed E-state index contributed by atoms with van der Waals surface area (Å²) >= 11 is 0. The van der Waals surface area contributed by atoms with Gasteiger partial charge in [-0.2, -0.15) is 0 Å². The number of aromatic nitrogens is 2. The Morgan fingerprint density at radius 2 is 1.92 bits per heavy atom. The van der Waals surface area contributed by atoms with Crippen LogP contribution in [0.4, 0.5) is 5.95 Å². The molecule has 1 rings (SSSR count). The van der Waals surface area contributed by atoms with Crippen LogP contribution < -0.4 is 4.90 Å². The lowest BCUT2D eigenvalue weighted by Gasteiger charge is -2.14. The molecule has 1 heterocycles. The van der Waals surface area contributed by atoms with Gasteiger partial charge in [0.25, 0.3) is 0 Å². The van der Waals surface area contributed by atoms with Crippen LogP contribution in [0.15, 0.2) is 12.4 Å². The molecule has 0 radical (unpaired) electrons. The molecule has 13 heavy (non-hydrogen) atoms. The molecule has 2 N–H and O–H groups in total. The van der Waals surface area contributed by atoms with E-state index in [0.29, 0.717) is 18.1 Å². The van der Waals surface area contributed by atoms with Crippen molar-refractivity contribution >= 4 is 5.95 Å². The average molecular weight is 183 g/mol. The van der Waals surface area contributed by atoms with E-state index >= 15 is 0 Å². The van der Waals surface area contributed by atoms with Crippen LogP contribution >= 0.6 is 0 Å². The van der Waals surface area contributed by atoms with E-state index in [1.165, 1.54) is 0 Å². The highest BCUT2D eigenvalue weighted by Crippen LogP contribution is 2.03. The van der Waals surface area contributed by atoms with Gasteiger partial charge in [0.05, 0.1) is 13.2 Å². The van der Waals surface area contributed by atoms with Crippen molar-refractivity contribution < 1.29 is 10.2 Å². The summed E-state index contributed by atoms with van der Waals surface area (Å²) in [6, 6.07) is 0. The third-order valence-corrected chi connectivity index (χ3v) is 1.65. The highest BCUT2D eigenvalue weighted by Gasteiger charge is 2.02. The van der Waals surface area contributed by atoms with Crippen molar-refractivity contribution in [1.29, 1.82) is 0 Å². The van der Waals surface area contributed by atoms with Crippen molar-refractivity contribution in [2.75, 3.05) is 25.1 Å². The largest absolute Gasteiger partial charge is 0.395 e. The minimum absolute atomic E-state index is 0.0516. The van der Waals surface area contributed by atoms with E-state index in [2.05, 4.69) is 9.97 Å². The number of hydrogen-bond acceptors (Lipinski definition) is 5. The standard InChI is InChI=1S/C8H13N3O2/c1-11(2-3-12)8-9-4-7(6-13)5-10-8/h4-5,12-13H,2-3,6H2,1H3. The van der Waals surface area contributed by atoms with Gasteiger partial charge in [-0.05, 0) is 0 Å². The van der Waals surface area contributed by atoms with E-state index in [1.807, 2.05) is 0 Å². The topological polar surface area (TPSA) is 69.5 Å². The fourth-order valence-corrected chi connectivity index (χ4v) is 0.877. The fourth-order valence-electron chi connectivity index (χ4n) is 0.877. The Hall–Kier alpha value is -1.20. The van der Waals surface area contributed by atoms with Gasteiger partial charge in [-0.25, -0.2) is 9.97 Å². The Kier molecular flexibility index (Phi) is 3.60. The number of aliphatic hydroxyl groups is 2. The van der Waals surface area contributed by atoms with Gasteiger partial charge in [-0.1, -0.05) is 0 Å². The molecule has 0 fully saturated rings. The van der Waals surface area contributed by atoms with Crippen LogP contribution in [0.1, 0.15) is 5.56 Å². The predicted octanol–water partition coefficient (Wildman–Crippen LogP) is -0.603. The van der Waals surface area contributed by atoms with E-state index in [-0.39, 0.29) is 13.2 Å². The third-order valence-electron chi connectivity index (χ3n) is 1.65. The van der Waals surface area contributed by atoms with Gasteiger partial charge in [0.1, 0.15) is 0 Å². The van der Waals surface area contributed by atoms with Crippen LogP contribution in [0.25, 0.3) is 0 Å². The Morgan fingerprint density at radius 1 is 1.31 bits per heavy atom. The second kappa shape index (κ2) is 4.74. The number of hydrogen-bond donors (Lipinski definition) is 2. The van der Waals surface area contributed by atoms with Crippen LogP contribution in [0.2, 0.25) is 0 Å². The molecule has 0 aliphatic carbocycles. The third kappa shape index (κ3) is 2.64. The molecule has 1 aromatic heterocycles. The summed E-state index contributed by atoms with van der Waals surface area (Å²) in [5, 5.41) is 17.4. The van der Waals surface area contributed by atoms with E-state index in [0.717, 1.165) is 0 Å². The van der Waals surface area contributed by atoms with Crippen LogP contribution in [0.5, 0.6) is 0 Å². The van der Waals surface area contributed by atoms with Gasteiger partial charge < -0.3 is 15.1 Å². The molecule has 0 spiro atoms. The van der Waals surface area contributed by atoms with E-state index in [4.69, 9.17) is 10.2 Å². The summed E-state index contributed by atoms with van der Waals surface area (Å²) < 4.78 is 0. The first-order valence-electron chi connectivity index (χ1n) is 4.01. The monoisotopic (exact) mass is 183 g/mol. The Labute approximate surface area is 76.7 Å². The molecule has 0 saturated heterocycles. The quantitative estimate of drug-likeness (QED) is 0.652. The molecular weight excluding hydrogens is 170 g/mol. The molecule has 72 valence electrons.